The first-order valence-electron chi connectivity index (χ1n) is 8.05. The van der Waals surface area contributed by atoms with Crippen molar-refractivity contribution in [2.24, 2.45) is 0 Å². The number of hydrogen-bond donors (Lipinski definition) is 2. The minimum Gasteiger partial charge on any atom is -0.366 e. The van der Waals surface area contributed by atoms with Crippen LogP contribution in [0.2, 0.25) is 0 Å². The summed E-state index contributed by atoms with van der Waals surface area (Å²) in [5.41, 5.74) is 0.0625. The highest BCUT2D eigenvalue weighted by atomic mass is 19.1. The summed E-state index contributed by atoms with van der Waals surface area (Å²) in [7, 11) is 0. The van der Waals surface area contributed by atoms with Crippen LogP contribution in [0.4, 0.5) is 10.1 Å². The van der Waals surface area contributed by atoms with Gasteiger partial charge in [-0.15, -0.1) is 0 Å². The molecule has 0 atom stereocenters. The standard InChI is InChI=1S/C17H19FN4O3/c1-11-12(16(24)20-17(25)19-11)10-15(23)22-8-6-21(7-9-22)14-5-3-2-4-13(14)18/h2-5H,6-10H2,1H3,(H2,19,20,24,25). The van der Waals surface area contributed by atoms with Crippen LogP contribution >= 0.6 is 0 Å². The van der Waals surface area contributed by atoms with Gasteiger partial charge in [-0.25, -0.2) is 9.18 Å². The highest BCUT2D eigenvalue weighted by molar-refractivity contribution is 5.79. The Kier molecular flexibility index (Phi) is 4.69. The van der Waals surface area contributed by atoms with Gasteiger partial charge < -0.3 is 14.8 Å². The Labute approximate surface area is 143 Å². The lowest BCUT2D eigenvalue weighted by atomic mass is 10.1. The average molecular weight is 346 g/mol. The number of nitrogens with zero attached hydrogens (tertiary/aromatic N) is 2. The fourth-order valence-corrected chi connectivity index (χ4v) is 3.01. The average Bonchev–Trinajstić information content (AvgIpc) is 2.58. The zero-order chi connectivity index (χ0) is 18.0. The largest absolute Gasteiger partial charge is 0.366 e. The Hall–Kier alpha value is -2.90. The summed E-state index contributed by atoms with van der Waals surface area (Å²) in [4.78, 5) is 43.7. The van der Waals surface area contributed by atoms with Gasteiger partial charge in [0.2, 0.25) is 5.91 Å². The molecule has 0 radical (unpaired) electrons. The van der Waals surface area contributed by atoms with Crippen LogP contribution in [-0.2, 0) is 11.2 Å². The fraction of sp³-hybridized carbons (Fsp3) is 0.353. The molecule has 1 amide bonds. The predicted molar refractivity (Wildman–Crippen MR) is 91.3 cm³/mol. The summed E-state index contributed by atoms with van der Waals surface area (Å²) < 4.78 is 13.8. The third kappa shape index (κ3) is 3.62. The lowest BCUT2D eigenvalue weighted by Gasteiger charge is -2.36. The zero-order valence-corrected chi connectivity index (χ0v) is 13.8. The smallest absolute Gasteiger partial charge is 0.325 e. The Bertz CT molecular complexity index is 897. The van der Waals surface area contributed by atoms with Gasteiger partial charge in [-0.05, 0) is 19.1 Å². The molecule has 3 rings (SSSR count). The molecule has 1 aliphatic rings. The SMILES string of the molecule is Cc1[nH]c(=O)[nH]c(=O)c1CC(=O)N1CCN(c2ccccc2F)CC1. The number of para-hydroxylation sites is 1. The second-order valence-electron chi connectivity index (χ2n) is 6.01. The summed E-state index contributed by atoms with van der Waals surface area (Å²) in [6.07, 6.45) is -0.0718. The van der Waals surface area contributed by atoms with Crippen LogP contribution in [-0.4, -0.2) is 47.0 Å². The molecule has 0 aliphatic carbocycles. The Morgan fingerprint density at radius 2 is 1.80 bits per heavy atom. The number of carbonyl (C=O) groups excluding carboxylic acids is 1. The number of carbonyl (C=O) groups is 1. The second-order valence-corrected chi connectivity index (χ2v) is 6.01. The number of piperazine rings is 1. The number of aromatic amines is 2. The highest BCUT2D eigenvalue weighted by Crippen LogP contribution is 2.20. The Balaban J connectivity index is 1.65. The normalized spacial score (nSPS) is 14.6. The van der Waals surface area contributed by atoms with Crippen molar-refractivity contribution in [2.75, 3.05) is 31.1 Å². The maximum absolute atomic E-state index is 13.8. The van der Waals surface area contributed by atoms with Crippen LogP contribution in [0.25, 0.3) is 0 Å². The van der Waals surface area contributed by atoms with Crippen molar-refractivity contribution in [3.63, 3.8) is 0 Å². The highest BCUT2D eigenvalue weighted by Gasteiger charge is 2.23. The lowest BCUT2D eigenvalue weighted by Crippen LogP contribution is -2.49. The lowest BCUT2D eigenvalue weighted by molar-refractivity contribution is -0.130. The summed E-state index contributed by atoms with van der Waals surface area (Å²) in [5.74, 6) is -0.466. The summed E-state index contributed by atoms with van der Waals surface area (Å²) in [6, 6.07) is 6.55. The molecule has 25 heavy (non-hydrogen) atoms. The molecular weight excluding hydrogens is 327 g/mol. The van der Waals surface area contributed by atoms with Gasteiger partial charge in [0.15, 0.2) is 0 Å². The molecule has 0 unspecified atom stereocenters. The molecule has 8 heteroatoms. The van der Waals surface area contributed by atoms with Crippen LogP contribution in [0.3, 0.4) is 0 Å². The predicted octanol–water partition coefficient (Wildman–Crippen LogP) is 0.402. The first-order valence-corrected chi connectivity index (χ1v) is 8.05. The summed E-state index contributed by atoms with van der Waals surface area (Å²) >= 11 is 0. The van der Waals surface area contributed by atoms with Gasteiger partial charge in [0.25, 0.3) is 5.56 Å². The van der Waals surface area contributed by atoms with E-state index >= 15 is 0 Å². The molecule has 2 aromatic rings. The van der Waals surface area contributed by atoms with Crippen LogP contribution in [0, 0.1) is 12.7 Å². The molecule has 132 valence electrons. The van der Waals surface area contributed by atoms with E-state index in [1.165, 1.54) is 6.07 Å². The van der Waals surface area contributed by atoms with Crippen molar-refractivity contribution in [2.45, 2.75) is 13.3 Å². The van der Waals surface area contributed by atoms with Gasteiger partial charge >= 0.3 is 5.69 Å². The molecule has 0 spiro atoms. The van der Waals surface area contributed by atoms with Crippen LogP contribution in [0.15, 0.2) is 33.9 Å². The molecule has 2 heterocycles. The number of H-pyrrole nitrogens is 2. The molecule has 1 aromatic heterocycles. The number of aryl methyl sites for hydroxylation is 1. The maximum atomic E-state index is 13.8. The third-order valence-corrected chi connectivity index (χ3v) is 4.41. The molecule has 2 N–H and O–H groups in total. The van der Waals surface area contributed by atoms with Gasteiger partial charge in [0.05, 0.1) is 12.1 Å². The van der Waals surface area contributed by atoms with Crippen LogP contribution < -0.4 is 16.1 Å². The van der Waals surface area contributed by atoms with Crippen molar-refractivity contribution in [3.05, 3.63) is 62.2 Å². The van der Waals surface area contributed by atoms with E-state index in [0.717, 1.165) is 0 Å². The van der Waals surface area contributed by atoms with Crippen molar-refractivity contribution in [1.82, 2.24) is 14.9 Å². The Morgan fingerprint density at radius 1 is 1.12 bits per heavy atom. The van der Waals surface area contributed by atoms with Crippen molar-refractivity contribution in [3.8, 4) is 0 Å². The molecule has 0 saturated carbocycles. The minimum atomic E-state index is -0.586. The molecule has 1 saturated heterocycles. The number of hydrogen-bond acceptors (Lipinski definition) is 4. The van der Waals surface area contributed by atoms with Gasteiger partial charge in [0, 0.05) is 37.4 Å². The van der Waals surface area contributed by atoms with Gasteiger partial charge in [0.1, 0.15) is 5.82 Å². The first-order chi connectivity index (χ1) is 12.0. The number of benzene rings is 1. The number of halogens is 1. The van der Waals surface area contributed by atoms with E-state index in [4.69, 9.17) is 0 Å². The van der Waals surface area contributed by atoms with E-state index in [1.54, 1.807) is 30.0 Å². The number of amides is 1. The zero-order valence-electron chi connectivity index (χ0n) is 13.8. The van der Waals surface area contributed by atoms with E-state index in [-0.39, 0.29) is 23.7 Å². The first kappa shape index (κ1) is 16.9. The second kappa shape index (κ2) is 6.92. The summed E-state index contributed by atoms with van der Waals surface area (Å²) in [6.45, 7) is 3.54. The molecule has 1 aliphatic heterocycles. The van der Waals surface area contributed by atoms with Crippen LogP contribution in [0.5, 0.6) is 0 Å². The number of anilines is 1. The number of rotatable bonds is 3. The molecule has 1 fully saturated rings. The van der Waals surface area contributed by atoms with E-state index in [2.05, 4.69) is 9.97 Å². The molecule has 1 aromatic carbocycles. The van der Waals surface area contributed by atoms with E-state index in [1.807, 2.05) is 4.90 Å². The fourth-order valence-electron chi connectivity index (χ4n) is 3.01. The van der Waals surface area contributed by atoms with E-state index in [0.29, 0.717) is 37.6 Å². The molecule has 7 nitrogen and oxygen atoms in total. The van der Waals surface area contributed by atoms with Crippen molar-refractivity contribution >= 4 is 11.6 Å². The van der Waals surface area contributed by atoms with E-state index < -0.39 is 11.2 Å². The third-order valence-electron chi connectivity index (χ3n) is 4.41. The number of aromatic nitrogens is 2. The summed E-state index contributed by atoms with van der Waals surface area (Å²) in [5, 5.41) is 0. The van der Waals surface area contributed by atoms with Crippen molar-refractivity contribution < 1.29 is 9.18 Å². The quantitative estimate of drug-likeness (QED) is 0.842. The van der Waals surface area contributed by atoms with Crippen LogP contribution in [0.1, 0.15) is 11.3 Å². The minimum absolute atomic E-state index is 0.0718. The topological polar surface area (TPSA) is 89.3 Å². The van der Waals surface area contributed by atoms with Gasteiger partial charge in [-0.2, -0.15) is 0 Å². The van der Waals surface area contributed by atoms with E-state index in [9.17, 15) is 18.8 Å². The maximum Gasteiger partial charge on any atom is 0.325 e. The molecule has 0 bridgehead atoms. The van der Waals surface area contributed by atoms with Crippen molar-refractivity contribution in [1.29, 1.82) is 0 Å². The van der Waals surface area contributed by atoms with Gasteiger partial charge in [-0.1, -0.05) is 12.1 Å². The number of nitrogens with one attached hydrogen (secondary N) is 2. The van der Waals surface area contributed by atoms with Gasteiger partial charge in [-0.3, -0.25) is 14.6 Å². The molecular formula is C17H19FN4O3. The Morgan fingerprint density at radius 3 is 2.44 bits per heavy atom. The monoisotopic (exact) mass is 346 g/mol.